The van der Waals surface area contributed by atoms with Gasteiger partial charge in [0.1, 0.15) is 12.6 Å². The number of nitrogens with zero attached hydrogens (tertiary/aromatic N) is 2. The van der Waals surface area contributed by atoms with Gasteiger partial charge in [0, 0.05) is 17.6 Å². The monoisotopic (exact) mass is 595 g/mol. The lowest BCUT2D eigenvalue weighted by molar-refractivity contribution is -0.140. The Morgan fingerprint density at radius 3 is 2.27 bits per heavy atom. The van der Waals surface area contributed by atoms with Crippen LogP contribution in [0.5, 0.6) is 0 Å². The second kappa shape index (κ2) is 13.5. The zero-order valence-electron chi connectivity index (χ0n) is 23.8. The maximum Gasteiger partial charge on any atom is 0.264 e. The molecule has 0 heterocycles. The summed E-state index contributed by atoms with van der Waals surface area (Å²) in [4.78, 5) is 29.3. The van der Waals surface area contributed by atoms with Crippen molar-refractivity contribution in [3.05, 3.63) is 94.5 Å². The molecule has 0 radical (unpaired) electrons. The Balaban J connectivity index is 1.74. The highest BCUT2D eigenvalue weighted by Gasteiger charge is 2.35. The second-order valence-electron chi connectivity index (χ2n) is 10.6. The van der Waals surface area contributed by atoms with Crippen LogP contribution in [-0.4, -0.2) is 43.8 Å². The van der Waals surface area contributed by atoms with E-state index in [9.17, 15) is 18.0 Å². The molecule has 1 fully saturated rings. The van der Waals surface area contributed by atoms with Gasteiger partial charge in [0.25, 0.3) is 10.0 Å². The molecule has 0 aliphatic heterocycles. The Morgan fingerprint density at radius 2 is 1.63 bits per heavy atom. The number of aryl methyl sites for hydroxylation is 2. The topological polar surface area (TPSA) is 86.8 Å². The molecule has 0 spiro atoms. The summed E-state index contributed by atoms with van der Waals surface area (Å²) in [6, 6.07) is 20.0. The maximum absolute atomic E-state index is 14.2. The van der Waals surface area contributed by atoms with Crippen molar-refractivity contribution in [1.29, 1.82) is 0 Å². The summed E-state index contributed by atoms with van der Waals surface area (Å²) < 4.78 is 29.2. The minimum Gasteiger partial charge on any atom is -0.352 e. The van der Waals surface area contributed by atoms with E-state index in [1.807, 2.05) is 45.0 Å². The van der Waals surface area contributed by atoms with E-state index in [2.05, 4.69) is 5.32 Å². The zero-order valence-corrected chi connectivity index (χ0v) is 25.4. The van der Waals surface area contributed by atoms with Crippen LogP contribution in [0.4, 0.5) is 5.69 Å². The SMILES string of the molecule is CC[C@H](C(=O)NC1CCCC1)N(Cc1ccccc1Cl)C(=O)CN(c1ccc(C)cc1C)S(=O)(=O)c1ccccc1. The third-order valence-electron chi connectivity index (χ3n) is 7.62. The highest BCUT2D eigenvalue weighted by Crippen LogP contribution is 2.29. The number of amides is 2. The van der Waals surface area contributed by atoms with Crippen molar-refractivity contribution in [2.45, 2.75) is 76.4 Å². The first-order valence-electron chi connectivity index (χ1n) is 14.1. The van der Waals surface area contributed by atoms with Crippen LogP contribution in [0.25, 0.3) is 0 Å². The van der Waals surface area contributed by atoms with E-state index in [0.717, 1.165) is 41.1 Å². The minimum absolute atomic E-state index is 0.0706. The quantitative estimate of drug-likeness (QED) is 0.294. The van der Waals surface area contributed by atoms with Crippen LogP contribution in [0.1, 0.15) is 55.7 Å². The number of nitrogens with one attached hydrogen (secondary N) is 1. The Morgan fingerprint density at radius 1 is 0.976 bits per heavy atom. The molecule has 41 heavy (non-hydrogen) atoms. The molecule has 0 saturated heterocycles. The number of hydrogen-bond acceptors (Lipinski definition) is 4. The fourth-order valence-corrected chi connectivity index (χ4v) is 7.11. The lowest BCUT2D eigenvalue weighted by atomic mass is 10.1. The lowest BCUT2D eigenvalue weighted by Gasteiger charge is -2.34. The third-order valence-corrected chi connectivity index (χ3v) is 9.76. The van der Waals surface area contributed by atoms with Crippen molar-refractivity contribution >= 4 is 39.1 Å². The van der Waals surface area contributed by atoms with E-state index in [-0.39, 0.29) is 23.4 Å². The van der Waals surface area contributed by atoms with Crippen molar-refractivity contribution in [3.63, 3.8) is 0 Å². The molecule has 0 bridgehead atoms. The predicted molar refractivity (Wildman–Crippen MR) is 163 cm³/mol. The fourth-order valence-electron chi connectivity index (χ4n) is 5.42. The van der Waals surface area contributed by atoms with Gasteiger partial charge < -0.3 is 10.2 Å². The van der Waals surface area contributed by atoms with Crippen molar-refractivity contribution in [2.24, 2.45) is 0 Å². The molecule has 1 aliphatic rings. The first-order valence-corrected chi connectivity index (χ1v) is 15.9. The smallest absolute Gasteiger partial charge is 0.264 e. The third kappa shape index (κ3) is 7.29. The van der Waals surface area contributed by atoms with Gasteiger partial charge in [0.2, 0.25) is 11.8 Å². The number of hydrogen-bond donors (Lipinski definition) is 1. The van der Waals surface area contributed by atoms with Gasteiger partial charge >= 0.3 is 0 Å². The zero-order chi connectivity index (χ0) is 29.6. The summed E-state index contributed by atoms with van der Waals surface area (Å²) in [7, 11) is -4.11. The number of carbonyl (C=O) groups is 2. The summed E-state index contributed by atoms with van der Waals surface area (Å²) in [5.41, 5.74) is 2.79. The van der Waals surface area contributed by atoms with Gasteiger partial charge in [0.15, 0.2) is 0 Å². The highest BCUT2D eigenvalue weighted by atomic mass is 35.5. The largest absolute Gasteiger partial charge is 0.352 e. The molecule has 218 valence electrons. The van der Waals surface area contributed by atoms with E-state index in [1.54, 1.807) is 36.4 Å². The number of halogens is 1. The molecule has 1 N–H and O–H groups in total. The van der Waals surface area contributed by atoms with Gasteiger partial charge in [-0.05, 0) is 68.5 Å². The summed E-state index contributed by atoms with van der Waals surface area (Å²) >= 11 is 6.48. The van der Waals surface area contributed by atoms with Crippen LogP contribution in [0, 0.1) is 13.8 Å². The Hall–Kier alpha value is -3.36. The van der Waals surface area contributed by atoms with Crippen molar-refractivity contribution in [1.82, 2.24) is 10.2 Å². The van der Waals surface area contributed by atoms with Gasteiger partial charge in [-0.2, -0.15) is 0 Å². The van der Waals surface area contributed by atoms with Crippen molar-refractivity contribution in [2.75, 3.05) is 10.8 Å². The summed E-state index contributed by atoms with van der Waals surface area (Å²) in [5, 5.41) is 3.60. The molecule has 1 saturated carbocycles. The summed E-state index contributed by atoms with van der Waals surface area (Å²) in [5.74, 6) is -0.721. The minimum atomic E-state index is -4.11. The van der Waals surface area contributed by atoms with Gasteiger partial charge in [-0.25, -0.2) is 8.42 Å². The van der Waals surface area contributed by atoms with E-state index >= 15 is 0 Å². The van der Waals surface area contributed by atoms with Gasteiger partial charge in [-0.3, -0.25) is 13.9 Å². The van der Waals surface area contributed by atoms with Crippen molar-refractivity contribution < 1.29 is 18.0 Å². The van der Waals surface area contributed by atoms with E-state index in [0.29, 0.717) is 22.7 Å². The highest BCUT2D eigenvalue weighted by molar-refractivity contribution is 7.92. The molecular weight excluding hydrogens is 558 g/mol. The van der Waals surface area contributed by atoms with Gasteiger partial charge in [-0.1, -0.05) is 85.5 Å². The first kappa shape index (κ1) is 30.6. The molecule has 3 aromatic carbocycles. The molecule has 4 rings (SSSR count). The first-order chi connectivity index (χ1) is 19.6. The summed E-state index contributed by atoms with van der Waals surface area (Å²) in [6.07, 6.45) is 4.31. The Kier molecular flexibility index (Phi) is 10.1. The number of anilines is 1. The molecule has 0 aromatic heterocycles. The van der Waals surface area contributed by atoms with Crippen LogP contribution in [0.2, 0.25) is 5.02 Å². The van der Waals surface area contributed by atoms with Crippen LogP contribution < -0.4 is 9.62 Å². The molecule has 0 unspecified atom stereocenters. The number of carbonyl (C=O) groups excluding carboxylic acids is 2. The van der Waals surface area contributed by atoms with Gasteiger partial charge in [0.05, 0.1) is 10.6 Å². The lowest BCUT2D eigenvalue weighted by Crippen LogP contribution is -2.53. The predicted octanol–water partition coefficient (Wildman–Crippen LogP) is 6.02. The molecule has 9 heteroatoms. The van der Waals surface area contributed by atoms with Crippen LogP contribution in [-0.2, 0) is 26.2 Å². The Bertz CT molecular complexity index is 1470. The fraction of sp³-hybridized carbons (Fsp3) is 0.375. The normalized spacial score (nSPS) is 14.4. The maximum atomic E-state index is 14.2. The van der Waals surface area contributed by atoms with E-state index in [4.69, 9.17) is 11.6 Å². The van der Waals surface area contributed by atoms with Crippen LogP contribution in [0.15, 0.2) is 77.7 Å². The average Bonchev–Trinajstić information content (AvgIpc) is 3.46. The van der Waals surface area contributed by atoms with Crippen LogP contribution in [0.3, 0.4) is 0 Å². The standard InChI is InChI=1S/C32H38ClN3O4S/c1-4-29(32(38)34-26-13-9-10-14-26)35(21-25-12-8-11-17-28(25)33)31(37)22-36(30-19-18-23(2)20-24(30)3)41(39,40)27-15-6-5-7-16-27/h5-8,11-12,15-20,26,29H,4,9-10,13-14,21-22H2,1-3H3,(H,34,38)/t29-/m1/s1. The molecule has 3 aromatic rings. The van der Waals surface area contributed by atoms with Crippen LogP contribution >= 0.6 is 11.6 Å². The number of benzene rings is 3. The molecule has 1 atom stereocenters. The summed E-state index contributed by atoms with van der Waals surface area (Å²) in [6.45, 7) is 5.21. The van der Waals surface area contributed by atoms with Gasteiger partial charge in [-0.15, -0.1) is 0 Å². The van der Waals surface area contributed by atoms with E-state index in [1.165, 1.54) is 17.0 Å². The molecule has 2 amide bonds. The molecular formula is C32H38ClN3O4S. The molecule has 7 nitrogen and oxygen atoms in total. The molecule has 1 aliphatic carbocycles. The number of rotatable bonds is 11. The Labute approximate surface area is 248 Å². The van der Waals surface area contributed by atoms with Crippen molar-refractivity contribution in [3.8, 4) is 0 Å². The van der Waals surface area contributed by atoms with E-state index < -0.39 is 28.5 Å². The number of sulfonamides is 1. The average molecular weight is 596 g/mol. The second-order valence-corrected chi connectivity index (χ2v) is 12.9.